The number of nitriles is 1. The van der Waals surface area contributed by atoms with Gasteiger partial charge >= 0.3 is 0 Å². The van der Waals surface area contributed by atoms with E-state index in [1.165, 1.54) is 38.5 Å². The van der Waals surface area contributed by atoms with Crippen LogP contribution in [0.5, 0.6) is 0 Å². The van der Waals surface area contributed by atoms with Crippen LogP contribution >= 0.6 is 0 Å². The highest BCUT2D eigenvalue weighted by molar-refractivity contribution is 5.65. The van der Waals surface area contributed by atoms with E-state index in [1.54, 1.807) is 12.3 Å². The van der Waals surface area contributed by atoms with Crippen molar-refractivity contribution < 1.29 is 0 Å². The molecule has 2 atom stereocenters. The molecular formula is C15H20N4. The Morgan fingerprint density at radius 2 is 2.05 bits per heavy atom. The lowest BCUT2D eigenvalue weighted by molar-refractivity contribution is 0.243. The van der Waals surface area contributed by atoms with Crippen LogP contribution in [0.15, 0.2) is 12.3 Å². The smallest absolute Gasteiger partial charge is 0.152 e. The Labute approximate surface area is 114 Å². The molecule has 1 aliphatic carbocycles. The summed E-state index contributed by atoms with van der Waals surface area (Å²) in [6.45, 7) is 1.05. The standard InChI is InChI=1S/C15H20N4/c16-9-11-8-13(17)15(18-10-11)19-7-3-5-12-4-1-2-6-14(12)19/h8,10,12,14H,1-7,17H2. The Hall–Kier alpha value is -1.76. The highest BCUT2D eigenvalue weighted by Crippen LogP contribution is 2.38. The highest BCUT2D eigenvalue weighted by atomic mass is 15.2. The first kappa shape index (κ1) is 12.3. The maximum absolute atomic E-state index is 8.89. The molecule has 0 bridgehead atoms. The van der Waals surface area contributed by atoms with Crippen LogP contribution in [-0.4, -0.2) is 17.6 Å². The van der Waals surface area contributed by atoms with Crippen molar-refractivity contribution >= 4 is 11.5 Å². The SMILES string of the molecule is N#Cc1cnc(N2CCCC3CCCCC32)c(N)c1. The Bertz CT molecular complexity index is 503. The average molecular weight is 256 g/mol. The molecule has 0 amide bonds. The topological polar surface area (TPSA) is 65.9 Å². The number of anilines is 2. The first-order valence-electron chi connectivity index (χ1n) is 7.22. The van der Waals surface area contributed by atoms with Gasteiger partial charge in [-0.05, 0) is 37.7 Å². The third-order valence-corrected chi connectivity index (χ3v) is 4.54. The van der Waals surface area contributed by atoms with Crippen molar-refractivity contribution in [2.24, 2.45) is 5.92 Å². The number of nitrogens with two attached hydrogens (primary N) is 1. The van der Waals surface area contributed by atoms with Crippen molar-refractivity contribution in [1.82, 2.24) is 4.98 Å². The van der Waals surface area contributed by atoms with Crippen molar-refractivity contribution in [2.45, 2.75) is 44.6 Å². The van der Waals surface area contributed by atoms with Gasteiger partial charge in [0.25, 0.3) is 0 Å². The van der Waals surface area contributed by atoms with E-state index in [4.69, 9.17) is 11.0 Å². The van der Waals surface area contributed by atoms with Crippen LogP contribution in [0.1, 0.15) is 44.1 Å². The molecule has 4 nitrogen and oxygen atoms in total. The van der Waals surface area contributed by atoms with Crippen LogP contribution in [0, 0.1) is 17.2 Å². The molecule has 2 unspecified atom stereocenters. The number of rotatable bonds is 1. The van der Waals surface area contributed by atoms with Gasteiger partial charge in [0.2, 0.25) is 0 Å². The number of nitrogens with zero attached hydrogens (tertiary/aromatic N) is 3. The van der Waals surface area contributed by atoms with Crippen LogP contribution in [0.25, 0.3) is 0 Å². The summed E-state index contributed by atoms with van der Waals surface area (Å²) in [6, 6.07) is 4.44. The summed E-state index contributed by atoms with van der Waals surface area (Å²) < 4.78 is 0. The molecule has 1 aromatic rings. The maximum atomic E-state index is 8.89. The lowest BCUT2D eigenvalue weighted by atomic mass is 9.78. The van der Waals surface area contributed by atoms with E-state index in [9.17, 15) is 0 Å². The number of aromatic nitrogens is 1. The zero-order valence-corrected chi connectivity index (χ0v) is 11.2. The monoisotopic (exact) mass is 256 g/mol. The molecule has 1 aromatic heterocycles. The number of pyridine rings is 1. The molecule has 2 aliphatic rings. The molecule has 2 heterocycles. The van der Waals surface area contributed by atoms with Gasteiger partial charge in [0.05, 0.1) is 11.3 Å². The minimum absolute atomic E-state index is 0.540. The second kappa shape index (κ2) is 5.08. The molecular weight excluding hydrogens is 236 g/mol. The molecule has 3 rings (SSSR count). The molecule has 19 heavy (non-hydrogen) atoms. The highest BCUT2D eigenvalue weighted by Gasteiger charge is 2.34. The molecule has 0 spiro atoms. The predicted octanol–water partition coefficient (Wildman–Crippen LogP) is 2.69. The third-order valence-electron chi connectivity index (χ3n) is 4.54. The molecule has 2 fully saturated rings. The minimum atomic E-state index is 0.540. The first-order valence-corrected chi connectivity index (χ1v) is 7.22. The average Bonchev–Trinajstić information content (AvgIpc) is 2.46. The van der Waals surface area contributed by atoms with Gasteiger partial charge in [-0.15, -0.1) is 0 Å². The fraction of sp³-hybridized carbons (Fsp3) is 0.600. The lowest BCUT2D eigenvalue weighted by Crippen LogP contribution is -2.47. The van der Waals surface area contributed by atoms with Gasteiger partial charge in [0, 0.05) is 18.8 Å². The van der Waals surface area contributed by atoms with Gasteiger partial charge in [0.1, 0.15) is 6.07 Å². The van der Waals surface area contributed by atoms with Crippen molar-refractivity contribution in [3.8, 4) is 6.07 Å². The Balaban J connectivity index is 1.90. The van der Waals surface area contributed by atoms with Crippen LogP contribution in [-0.2, 0) is 0 Å². The number of hydrogen-bond donors (Lipinski definition) is 1. The van der Waals surface area contributed by atoms with Gasteiger partial charge in [-0.2, -0.15) is 5.26 Å². The normalized spacial score (nSPS) is 26.6. The molecule has 4 heteroatoms. The Morgan fingerprint density at radius 1 is 1.26 bits per heavy atom. The summed E-state index contributed by atoms with van der Waals surface area (Å²) in [5, 5.41) is 8.89. The lowest BCUT2D eigenvalue weighted by Gasteiger charge is -2.45. The maximum Gasteiger partial charge on any atom is 0.152 e. The van der Waals surface area contributed by atoms with Gasteiger partial charge in [-0.3, -0.25) is 0 Å². The number of nitrogen functional groups attached to an aromatic ring is 1. The fourth-order valence-corrected chi connectivity index (χ4v) is 3.66. The summed E-state index contributed by atoms with van der Waals surface area (Å²) in [5.74, 6) is 1.69. The summed E-state index contributed by atoms with van der Waals surface area (Å²) >= 11 is 0. The van der Waals surface area contributed by atoms with E-state index in [2.05, 4.69) is 16.0 Å². The molecule has 1 saturated heterocycles. The van der Waals surface area contributed by atoms with Gasteiger partial charge in [-0.25, -0.2) is 4.98 Å². The first-order chi connectivity index (χ1) is 9.29. The number of fused-ring (bicyclic) bond motifs is 1. The second-order valence-electron chi connectivity index (χ2n) is 5.70. The van der Waals surface area contributed by atoms with Crippen LogP contribution < -0.4 is 10.6 Å². The van der Waals surface area contributed by atoms with Crippen molar-refractivity contribution in [2.75, 3.05) is 17.2 Å². The molecule has 1 saturated carbocycles. The van der Waals surface area contributed by atoms with Crippen LogP contribution in [0.4, 0.5) is 11.5 Å². The Kier molecular flexibility index (Phi) is 3.29. The molecule has 1 aliphatic heterocycles. The molecule has 100 valence electrons. The van der Waals surface area contributed by atoms with E-state index in [0.29, 0.717) is 17.3 Å². The van der Waals surface area contributed by atoms with Crippen molar-refractivity contribution in [3.05, 3.63) is 17.8 Å². The second-order valence-corrected chi connectivity index (χ2v) is 5.70. The summed E-state index contributed by atoms with van der Waals surface area (Å²) in [7, 11) is 0. The van der Waals surface area contributed by atoms with Gasteiger partial charge in [0.15, 0.2) is 5.82 Å². The minimum Gasteiger partial charge on any atom is -0.396 e. The summed E-state index contributed by atoms with van der Waals surface area (Å²) in [4.78, 5) is 6.83. The van der Waals surface area contributed by atoms with E-state index in [1.807, 2.05) is 0 Å². The van der Waals surface area contributed by atoms with E-state index in [0.717, 1.165) is 18.3 Å². The van der Waals surface area contributed by atoms with Crippen LogP contribution in [0.3, 0.4) is 0 Å². The summed E-state index contributed by atoms with van der Waals surface area (Å²) in [5.41, 5.74) is 7.28. The van der Waals surface area contributed by atoms with Crippen molar-refractivity contribution in [1.29, 1.82) is 5.26 Å². The zero-order chi connectivity index (χ0) is 13.2. The molecule has 0 radical (unpaired) electrons. The Morgan fingerprint density at radius 3 is 2.84 bits per heavy atom. The van der Waals surface area contributed by atoms with Crippen molar-refractivity contribution in [3.63, 3.8) is 0 Å². The molecule has 0 aromatic carbocycles. The van der Waals surface area contributed by atoms with E-state index >= 15 is 0 Å². The predicted molar refractivity (Wildman–Crippen MR) is 75.7 cm³/mol. The van der Waals surface area contributed by atoms with Gasteiger partial charge in [-0.1, -0.05) is 12.8 Å². The number of hydrogen-bond acceptors (Lipinski definition) is 4. The zero-order valence-electron chi connectivity index (χ0n) is 11.2. The third kappa shape index (κ3) is 2.25. The quantitative estimate of drug-likeness (QED) is 0.839. The van der Waals surface area contributed by atoms with E-state index < -0.39 is 0 Å². The molecule has 2 N–H and O–H groups in total. The van der Waals surface area contributed by atoms with Crippen LogP contribution in [0.2, 0.25) is 0 Å². The van der Waals surface area contributed by atoms with Gasteiger partial charge < -0.3 is 10.6 Å². The largest absolute Gasteiger partial charge is 0.396 e. The number of piperidine rings is 1. The fourth-order valence-electron chi connectivity index (χ4n) is 3.66. The van der Waals surface area contributed by atoms with E-state index in [-0.39, 0.29) is 0 Å². The summed E-state index contributed by atoms with van der Waals surface area (Å²) in [6.07, 6.45) is 9.49.